The van der Waals surface area contributed by atoms with E-state index in [1.165, 1.54) is 24.8 Å². The molecule has 2 atom stereocenters. The summed E-state index contributed by atoms with van der Waals surface area (Å²) in [6, 6.07) is 10.9. The first-order chi connectivity index (χ1) is 12.2. The number of amides is 1. The van der Waals surface area contributed by atoms with E-state index >= 15 is 0 Å². The average molecular weight is 344 g/mol. The molecule has 2 heterocycles. The maximum Gasteiger partial charge on any atom is 0.222 e. The summed E-state index contributed by atoms with van der Waals surface area (Å²) in [4.78, 5) is 14.9. The van der Waals surface area contributed by atoms with Gasteiger partial charge in [0.05, 0.1) is 18.6 Å². The summed E-state index contributed by atoms with van der Waals surface area (Å²) >= 11 is 0. The van der Waals surface area contributed by atoms with E-state index in [9.17, 15) is 4.79 Å². The van der Waals surface area contributed by atoms with Crippen molar-refractivity contribution in [3.05, 3.63) is 35.9 Å². The van der Waals surface area contributed by atoms with Crippen LogP contribution in [0.25, 0.3) is 0 Å². The van der Waals surface area contributed by atoms with E-state index in [0.717, 1.165) is 38.5 Å². The number of nitrogens with zero attached hydrogens (tertiary/aromatic N) is 1. The molecule has 25 heavy (non-hydrogen) atoms. The Morgan fingerprint density at radius 3 is 2.64 bits per heavy atom. The maximum absolute atomic E-state index is 12.4. The zero-order valence-electron chi connectivity index (χ0n) is 15.5. The quantitative estimate of drug-likeness (QED) is 0.858. The zero-order chi connectivity index (χ0) is 17.5. The molecule has 0 aliphatic carbocycles. The first-order valence-corrected chi connectivity index (χ1v) is 9.89. The van der Waals surface area contributed by atoms with Crippen LogP contribution in [0.2, 0.25) is 0 Å². The normalized spacial score (nSPS) is 24.0. The number of rotatable bonds is 6. The first-order valence-electron chi connectivity index (χ1n) is 9.89. The van der Waals surface area contributed by atoms with Crippen molar-refractivity contribution in [2.24, 2.45) is 5.92 Å². The predicted octanol–water partition coefficient (Wildman–Crippen LogP) is 3.54. The second-order valence-electron chi connectivity index (χ2n) is 7.64. The van der Waals surface area contributed by atoms with E-state index in [1.54, 1.807) is 0 Å². The van der Waals surface area contributed by atoms with Gasteiger partial charge in [-0.2, -0.15) is 0 Å². The molecule has 0 aromatic heterocycles. The van der Waals surface area contributed by atoms with Crippen LogP contribution in [-0.2, 0) is 9.53 Å². The monoisotopic (exact) mass is 344 g/mol. The van der Waals surface area contributed by atoms with Gasteiger partial charge in [0, 0.05) is 13.2 Å². The SMILES string of the molecule is CC1CCN(C(CNC(=O)CC2CCCCO2)c2ccccc2)CC1. The molecule has 2 aliphatic heterocycles. The molecule has 1 aromatic rings. The minimum atomic E-state index is 0.111. The summed E-state index contributed by atoms with van der Waals surface area (Å²) in [6.45, 7) is 6.05. The molecule has 4 nitrogen and oxygen atoms in total. The summed E-state index contributed by atoms with van der Waals surface area (Å²) < 4.78 is 5.70. The lowest BCUT2D eigenvalue weighted by atomic mass is 9.95. The van der Waals surface area contributed by atoms with E-state index in [0.29, 0.717) is 13.0 Å². The third-order valence-electron chi connectivity index (χ3n) is 5.62. The molecule has 2 aliphatic rings. The van der Waals surface area contributed by atoms with Crippen molar-refractivity contribution in [2.45, 2.75) is 57.6 Å². The number of carbonyl (C=O) groups is 1. The number of nitrogens with one attached hydrogen (secondary N) is 1. The molecule has 0 saturated carbocycles. The Balaban J connectivity index is 1.56. The average Bonchev–Trinajstić information content (AvgIpc) is 2.65. The van der Waals surface area contributed by atoms with Gasteiger partial charge >= 0.3 is 0 Å². The highest BCUT2D eigenvalue weighted by Gasteiger charge is 2.25. The number of hydrogen-bond donors (Lipinski definition) is 1. The van der Waals surface area contributed by atoms with Crippen molar-refractivity contribution in [1.29, 1.82) is 0 Å². The topological polar surface area (TPSA) is 41.6 Å². The summed E-state index contributed by atoms with van der Waals surface area (Å²) in [5.74, 6) is 0.934. The highest BCUT2D eigenvalue weighted by atomic mass is 16.5. The predicted molar refractivity (Wildman–Crippen MR) is 100 cm³/mol. The first kappa shape index (κ1) is 18.4. The second-order valence-corrected chi connectivity index (χ2v) is 7.64. The van der Waals surface area contributed by atoms with Crippen molar-refractivity contribution in [3.8, 4) is 0 Å². The van der Waals surface area contributed by atoms with Gasteiger partial charge in [0.15, 0.2) is 0 Å². The van der Waals surface area contributed by atoms with Gasteiger partial charge in [-0.25, -0.2) is 0 Å². The van der Waals surface area contributed by atoms with Gasteiger partial charge in [0.2, 0.25) is 5.91 Å². The molecule has 0 radical (unpaired) electrons. The zero-order valence-corrected chi connectivity index (χ0v) is 15.5. The lowest BCUT2D eigenvalue weighted by Gasteiger charge is -2.37. The number of ether oxygens (including phenoxy) is 1. The minimum Gasteiger partial charge on any atom is -0.378 e. The van der Waals surface area contributed by atoms with Gasteiger partial charge in [-0.05, 0) is 56.7 Å². The van der Waals surface area contributed by atoms with Crippen LogP contribution >= 0.6 is 0 Å². The van der Waals surface area contributed by atoms with Crippen LogP contribution in [0.3, 0.4) is 0 Å². The number of benzene rings is 1. The maximum atomic E-state index is 12.4. The minimum absolute atomic E-state index is 0.111. The fourth-order valence-electron chi connectivity index (χ4n) is 3.93. The van der Waals surface area contributed by atoms with Crippen LogP contribution in [-0.4, -0.2) is 43.2 Å². The van der Waals surface area contributed by atoms with Crippen LogP contribution in [0, 0.1) is 5.92 Å². The van der Waals surface area contributed by atoms with Crippen molar-refractivity contribution >= 4 is 5.91 Å². The largest absolute Gasteiger partial charge is 0.378 e. The van der Waals surface area contributed by atoms with Gasteiger partial charge in [0.25, 0.3) is 0 Å². The molecular formula is C21H32N2O2. The van der Waals surface area contributed by atoms with Crippen LogP contribution in [0.4, 0.5) is 0 Å². The molecule has 1 aromatic carbocycles. The summed E-state index contributed by atoms with van der Waals surface area (Å²) in [6.07, 6.45) is 6.41. The van der Waals surface area contributed by atoms with Crippen LogP contribution < -0.4 is 5.32 Å². The molecule has 1 amide bonds. The van der Waals surface area contributed by atoms with Crippen LogP contribution in [0.15, 0.2) is 30.3 Å². The van der Waals surface area contributed by atoms with E-state index in [-0.39, 0.29) is 18.1 Å². The Bertz CT molecular complexity index is 520. The van der Waals surface area contributed by atoms with E-state index in [2.05, 4.69) is 47.5 Å². The Kier molecular flexibility index (Phi) is 6.88. The fraction of sp³-hybridized carbons (Fsp3) is 0.667. The van der Waals surface area contributed by atoms with Gasteiger partial charge in [-0.1, -0.05) is 37.3 Å². The smallest absolute Gasteiger partial charge is 0.222 e. The Hall–Kier alpha value is -1.39. The standard InChI is InChI=1S/C21H32N2O2/c1-17-10-12-23(13-11-17)20(18-7-3-2-4-8-18)16-22-21(24)15-19-9-5-6-14-25-19/h2-4,7-8,17,19-20H,5-6,9-16H2,1H3,(H,22,24). The highest BCUT2D eigenvalue weighted by Crippen LogP contribution is 2.26. The van der Waals surface area contributed by atoms with Crippen molar-refractivity contribution < 1.29 is 9.53 Å². The molecule has 2 unspecified atom stereocenters. The molecule has 1 N–H and O–H groups in total. The number of hydrogen-bond acceptors (Lipinski definition) is 3. The lowest BCUT2D eigenvalue weighted by Crippen LogP contribution is -2.42. The third-order valence-corrected chi connectivity index (χ3v) is 5.62. The molecule has 2 saturated heterocycles. The molecule has 138 valence electrons. The molecule has 3 rings (SSSR count). The third kappa shape index (κ3) is 5.55. The van der Waals surface area contributed by atoms with Crippen LogP contribution in [0.1, 0.15) is 57.1 Å². The number of carbonyl (C=O) groups excluding carboxylic acids is 1. The van der Waals surface area contributed by atoms with E-state index in [1.807, 2.05) is 0 Å². The fourth-order valence-corrected chi connectivity index (χ4v) is 3.93. The lowest BCUT2D eigenvalue weighted by molar-refractivity contribution is -0.125. The molecule has 4 heteroatoms. The molecule has 0 bridgehead atoms. The molecule has 0 spiro atoms. The van der Waals surface area contributed by atoms with Crippen molar-refractivity contribution in [2.75, 3.05) is 26.2 Å². The van der Waals surface area contributed by atoms with Crippen molar-refractivity contribution in [3.63, 3.8) is 0 Å². The van der Waals surface area contributed by atoms with Crippen molar-refractivity contribution in [1.82, 2.24) is 10.2 Å². The van der Waals surface area contributed by atoms with Gasteiger partial charge in [0.1, 0.15) is 0 Å². The van der Waals surface area contributed by atoms with Gasteiger partial charge in [-0.3, -0.25) is 9.69 Å². The Labute approximate surface area is 151 Å². The van der Waals surface area contributed by atoms with E-state index < -0.39 is 0 Å². The van der Waals surface area contributed by atoms with Crippen LogP contribution in [0.5, 0.6) is 0 Å². The second kappa shape index (κ2) is 9.35. The number of likely N-dealkylation sites (tertiary alicyclic amines) is 1. The highest BCUT2D eigenvalue weighted by molar-refractivity contribution is 5.76. The van der Waals surface area contributed by atoms with Gasteiger partial charge < -0.3 is 10.1 Å². The summed E-state index contributed by atoms with van der Waals surface area (Å²) in [7, 11) is 0. The Morgan fingerprint density at radius 1 is 1.20 bits per heavy atom. The molecular weight excluding hydrogens is 312 g/mol. The van der Waals surface area contributed by atoms with Gasteiger partial charge in [-0.15, -0.1) is 0 Å². The van der Waals surface area contributed by atoms with E-state index in [4.69, 9.17) is 4.74 Å². The summed E-state index contributed by atoms with van der Waals surface area (Å²) in [5, 5.41) is 3.18. The Morgan fingerprint density at radius 2 is 1.96 bits per heavy atom. The molecule has 2 fully saturated rings. The summed E-state index contributed by atoms with van der Waals surface area (Å²) in [5.41, 5.74) is 1.30. The number of piperidine rings is 1.